The molecule has 0 unspecified atom stereocenters. The van der Waals surface area contributed by atoms with Crippen LogP contribution in [0.2, 0.25) is 0 Å². The molecule has 0 bridgehead atoms. The van der Waals surface area contributed by atoms with Gasteiger partial charge in [0.25, 0.3) is 0 Å². The van der Waals surface area contributed by atoms with E-state index in [1.807, 2.05) is 0 Å². The number of aliphatic hydroxyl groups is 1. The van der Waals surface area contributed by atoms with Crippen molar-refractivity contribution in [1.29, 1.82) is 0 Å². The Bertz CT molecular complexity index is 553. The molecule has 124 valence electrons. The summed E-state index contributed by atoms with van der Waals surface area (Å²) in [5.74, 6) is 0.770. The highest BCUT2D eigenvalue weighted by molar-refractivity contribution is 5.20. The Hall–Kier alpha value is -1.64. The Morgan fingerprint density at radius 3 is 1.96 bits per heavy atom. The van der Waals surface area contributed by atoms with Gasteiger partial charge in [0.2, 0.25) is 0 Å². The summed E-state index contributed by atoms with van der Waals surface area (Å²) in [6.07, 6.45) is 0. The van der Waals surface area contributed by atoms with Gasteiger partial charge in [-0.25, -0.2) is 0 Å². The first-order valence-electron chi connectivity index (χ1n) is 8.55. The maximum atomic E-state index is 9.74. The monoisotopic (exact) mass is 311 g/mol. The van der Waals surface area contributed by atoms with Crippen molar-refractivity contribution >= 4 is 0 Å². The highest BCUT2D eigenvalue weighted by Gasteiger charge is 2.22. The fourth-order valence-electron chi connectivity index (χ4n) is 2.90. The van der Waals surface area contributed by atoms with Gasteiger partial charge in [0.1, 0.15) is 0 Å². The number of hydrogen-bond donors (Lipinski definition) is 1. The van der Waals surface area contributed by atoms with Crippen molar-refractivity contribution in [3.05, 3.63) is 71.8 Å². The van der Waals surface area contributed by atoms with Gasteiger partial charge in [0.05, 0.1) is 0 Å². The van der Waals surface area contributed by atoms with Gasteiger partial charge >= 0.3 is 0 Å². The Labute approximate surface area is 140 Å². The first kappa shape index (κ1) is 17.7. The summed E-state index contributed by atoms with van der Waals surface area (Å²) >= 11 is 0. The van der Waals surface area contributed by atoms with Gasteiger partial charge in [0.15, 0.2) is 0 Å². The van der Waals surface area contributed by atoms with Crippen LogP contribution in [-0.4, -0.2) is 23.2 Å². The van der Waals surface area contributed by atoms with E-state index in [2.05, 4.69) is 86.3 Å². The van der Waals surface area contributed by atoms with Crippen molar-refractivity contribution in [2.45, 2.75) is 33.4 Å². The second kappa shape index (κ2) is 8.85. The molecule has 0 amide bonds. The van der Waals surface area contributed by atoms with E-state index in [4.69, 9.17) is 0 Å². The number of nitrogens with zero attached hydrogens (tertiary/aromatic N) is 1. The maximum absolute atomic E-state index is 9.74. The smallest absolute Gasteiger partial charge is 0.0473 e. The second-order valence-electron chi connectivity index (χ2n) is 6.69. The summed E-state index contributed by atoms with van der Waals surface area (Å²) in [6, 6.07) is 21.5. The van der Waals surface area contributed by atoms with Gasteiger partial charge in [-0.15, -0.1) is 0 Å². The molecule has 0 saturated heterocycles. The molecule has 0 fully saturated rings. The fourth-order valence-corrected chi connectivity index (χ4v) is 2.90. The lowest BCUT2D eigenvalue weighted by Crippen LogP contribution is -2.35. The van der Waals surface area contributed by atoms with E-state index in [-0.39, 0.29) is 6.61 Å². The minimum atomic E-state index is 0.241. The molecule has 2 aromatic rings. The third-order valence-electron chi connectivity index (χ3n) is 4.70. The summed E-state index contributed by atoms with van der Waals surface area (Å²) in [7, 11) is 0. The quantitative estimate of drug-likeness (QED) is 0.775. The third kappa shape index (κ3) is 5.19. The van der Waals surface area contributed by atoms with Crippen LogP contribution in [0.15, 0.2) is 60.7 Å². The van der Waals surface area contributed by atoms with Crippen molar-refractivity contribution in [1.82, 2.24) is 4.90 Å². The second-order valence-corrected chi connectivity index (χ2v) is 6.69. The van der Waals surface area contributed by atoms with E-state index < -0.39 is 0 Å². The Balaban J connectivity index is 2.19. The number of rotatable bonds is 8. The largest absolute Gasteiger partial charge is 0.396 e. The van der Waals surface area contributed by atoms with Crippen LogP contribution >= 0.6 is 0 Å². The van der Waals surface area contributed by atoms with E-state index in [0.29, 0.717) is 17.9 Å². The standard InChI is InChI=1S/C21H29NO/c1-17(2)21(16-23)15-22(14-19-10-6-4-7-11-19)18(3)20-12-8-5-9-13-20/h4-13,17-18,21,23H,14-16H2,1-3H3/t18-,21-/m0/s1. The highest BCUT2D eigenvalue weighted by Crippen LogP contribution is 2.25. The van der Waals surface area contributed by atoms with E-state index in [1.54, 1.807) is 0 Å². The first-order chi connectivity index (χ1) is 11.1. The zero-order chi connectivity index (χ0) is 16.7. The van der Waals surface area contributed by atoms with Crippen LogP contribution in [0.3, 0.4) is 0 Å². The molecule has 0 spiro atoms. The topological polar surface area (TPSA) is 23.5 Å². The SMILES string of the molecule is CC(C)[C@H](CO)CN(Cc1ccccc1)[C@@H](C)c1ccccc1. The normalized spacial score (nSPS) is 14.2. The number of benzene rings is 2. The molecular weight excluding hydrogens is 282 g/mol. The molecule has 0 radical (unpaired) electrons. The Morgan fingerprint density at radius 1 is 0.870 bits per heavy atom. The molecule has 23 heavy (non-hydrogen) atoms. The van der Waals surface area contributed by atoms with Crippen molar-refractivity contribution in [3.8, 4) is 0 Å². The molecule has 0 saturated carbocycles. The van der Waals surface area contributed by atoms with Crippen LogP contribution in [0.5, 0.6) is 0 Å². The number of aliphatic hydroxyl groups excluding tert-OH is 1. The molecular formula is C21H29NO. The molecule has 2 atom stereocenters. The summed E-state index contributed by atoms with van der Waals surface area (Å²) in [5, 5.41) is 9.74. The van der Waals surface area contributed by atoms with Crippen LogP contribution < -0.4 is 0 Å². The summed E-state index contributed by atoms with van der Waals surface area (Å²) in [6.45, 7) is 8.68. The fraction of sp³-hybridized carbons (Fsp3) is 0.429. The molecule has 1 N–H and O–H groups in total. The van der Waals surface area contributed by atoms with E-state index in [9.17, 15) is 5.11 Å². The molecule has 0 aliphatic heterocycles. The summed E-state index contributed by atoms with van der Waals surface area (Å²) in [5.41, 5.74) is 2.64. The van der Waals surface area contributed by atoms with Crippen molar-refractivity contribution < 1.29 is 5.11 Å². The molecule has 0 heterocycles. The van der Waals surface area contributed by atoms with E-state index in [1.165, 1.54) is 11.1 Å². The molecule has 2 aromatic carbocycles. The minimum Gasteiger partial charge on any atom is -0.396 e. The molecule has 0 aliphatic carbocycles. The van der Waals surface area contributed by atoms with E-state index >= 15 is 0 Å². The van der Waals surface area contributed by atoms with Crippen LogP contribution in [0.1, 0.15) is 37.9 Å². The average molecular weight is 311 g/mol. The van der Waals surface area contributed by atoms with Crippen LogP contribution in [0.4, 0.5) is 0 Å². The Kier molecular flexibility index (Phi) is 6.82. The van der Waals surface area contributed by atoms with Gasteiger partial charge in [-0.3, -0.25) is 4.90 Å². The molecule has 0 aromatic heterocycles. The molecule has 2 rings (SSSR count). The van der Waals surface area contributed by atoms with Crippen LogP contribution in [0.25, 0.3) is 0 Å². The minimum absolute atomic E-state index is 0.241. The molecule has 0 aliphatic rings. The summed E-state index contributed by atoms with van der Waals surface area (Å²) < 4.78 is 0. The van der Waals surface area contributed by atoms with Crippen molar-refractivity contribution in [3.63, 3.8) is 0 Å². The lowest BCUT2D eigenvalue weighted by molar-refractivity contribution is 0.104. The maximum Gasteiger partial charge on any atom is 0.0473 e. The van der Waals surface area contributed by atoms with Crippen molar-refractivity contribution in [2.75, 3.05) is 13.2 Å². The summed E-state index contributed by atoms with van der Waals surface area (Å²) in [4.78, 5) is 2.48. The molecule has 2 heteroatoms. The van der Waals surface area contributed by atoms with Gasteiger partial charge in [-0.05, 0) is 29.9 Å². The van der Waals surface area contributed by atoms with Crippen LogP contribution in [-0.2, 0) is 6.54 Å². The van der Waals surface area contributed by atoms with Gasteiger partial charge in [-0.2, -0.15) is 0 Å². The highest BCUT2D eigenvalue weighted by atomic mass is 16.3. The van der Waals surface area contributed by atoms with Gasteiger partial charge in [0, 0.05) is 25.7 Å². The lowest BCUT2D eigenvalue weighted by Gasteiger charge is -2.34. The zero-order valence-corrected chi connectivity index (χ0v) is 14.5. The number of hydrogen-bond acceptors (Lipinski definition) is 2. The van der Waals surface area contributed by atoms with E-state index in [0.717, 1.165) is 13.1 Å². The van der Waals surface area contributed by atoms with Crippen LogP contribution in [0, 0.1) is 11.8 Å². The van der Waals surface area contributed by atoms with Gasteiger partial charge < -0.3 is 5.11 Å². The predicted molar refractivity (Wildman–Crippen MR) is 97.1 cm³/mol. The average Bonchev–Trinajstić information content (AvgIpc) is 2.59. The zero-order valence-electron chi connectivity index (χ0n) is 14.5. The Morgan fingerprint density at radius 2 is 1.43 bits per heavy atom. The lowest BCUT2D eigenvalue weighted by atomic mass is 9.94. The third-order valence-corrected chi connectivity index (χ3v) is 4.70. The molecule has 2 nitrogen and oxygen atoms in total. The van der Waals surface area contributed by atoms with Gasteiger partial charge in [-0.1, -0.05) is 74.5 Å². The first-order valence-corrected chi connectivity index (χ1v) is 8.55. The van der Waals surface area contributed by atoms with Crippen molar-refractivity contribution in [2.24, 2.45) is 11.8 Å². The predicted octanol–water partition coefficient (Wildman–Crippen LogP) is 4.51.